The summed E-state index contributed by atoms with van der Waals surface area (Å²) < 4.78 is 13.5. The van der Waals surface area contributed by atoms with E-state index in [1.54, 1.807) is 24.4 Å². The average Bonchev–Trinajstić information content (AvgIpc) is 2.92. The van der Waals surface area contributed by atoms with Crippen molar-refractivity contribution in [2.45, 2.75) is 0 Å². The number of carbonyl (C=O) groups excluding carboxylic acids is 1. The van der Waals surface area contributed by atoms with E-state index in [1.807, 2.05) is 6.07 Å². The Balaban J connectivity index is 2.09. The van der Waals surface area contributed by atoms with Crippen molar-refractivity contribution in [1.29, 1.82) is 5.26 Å². The molecule has 0 amide bonds. The monoisotopic (exact) mass is 279 g/mol. The number of hydrogen-bond donors (Lipinski definition) is 2. The zero-order valence-corrected chi connectivity index (χ0v) is 10.9. The lowest BCUT2D eigenvalue weighted by molar-refractivity contribution is 0.104. The first kappa shape index (κ1) is 12.9. The number of ketones is 1. The lowest BCUT2D eigenvalue weighted by atomic mass is 10.0. The van der Waals surface area contributed by atoms with Gasteiger partial charge in [-0.2, -0.15) is 5.26 Å². The molecule has 0 saturated heterocycles. The average molecular weight is 279 g/mol. The number of rotatable bonds is 2. The molecule has 2 aromatic carbocycles. The van der Waals surface area contributed by atoms with E-state index in [9.17, 15) is 9.18 Å². The molecule has 0 aliphatic rings. The third kappa shape index (κ3) is 2.13. The van der Waals surface area contributed by atoms with Crippen molar-refractivity contribution in [1.82, 2.24) is 4.98 Å². The van der Waals surface area contributed by atoms with Gasteiger partial charge in [0.1, 0.15) is 5.82 Å². The number of fused-ring (bicyclic) bond motifs is 1. The fourth-order valence-electron chi connectivity index (χ4n) is 2.21. The van der Waals surface area contributed by atoms with Crippen LogP contribution in [0.2, 0.25) is 0 Å². The Bertz CT molecular complexity index is 906. The molecule has 3 aromatic rings. The molecular formula is C16H10FN3O. The van der Waals surface area contributed by atoms with Crippen LogP contribution in [-0.2, 0) is 0 Å². The molecule has 0 aliphatic heterocycles. The van der Waals surface area contributed by atoms with Gasteiger partial charge in [0.15, 0.2) is 5.78 Å². The van der Waals surface area contributed by atoms with Gasteiger partial charge in [-0.25, -0.2) is 4.39 Å². The molecule has 1 aromatic heterocycles. The van der Waals surface area contributed by atoms with E-state index in [4.69, 9.17) is 11.0 Å². The van der Waals surface area contributed by atoms with Gasteiger partial charge in [0, 0.05) is 28.2 Å². The number of nitrogens with zero attached hydrogens (tertiary/aromatic N) is 1. The number of nitrogen functional groups attached to an aromatic ring is 1. The molecule has 0 atom stereocenters. The van der Waals surface area contributed by atoms with Gasteiger partial charge in [-0.3, -0.25) is 4.79 Å². The largest absolute Gasteiger partial charge is 0.396 e. The Hall–Kier alpha value is -3.13. The Morgan fingerprint density at radius 2 is 2.05 bits per heavy atom. The molecule has 0 unspecified atom stereocenters. The highest BCUT2D eigenvalue weighted by Gasteiger charge is 2.15. The van der Waals surface area contributed by atoms with Crippen molar-refractivity contribution in [2.24, 2.45) is 0 Å². The summed E-state index contributed by atoms with van der Waals surface area (Å²) in [6, 6.07) is 11.0. The maximum absolute atomic E-state index is 13.5. The topological polar surface area (TPSA) is 82.7 Å². The molecule has 0 bridgehead atoms. The first-order valence-electron chi connectivity index (χ1n) is 6.21. The van der Waals surface area contributed by atoms with Gasteiger partial charge >= 0.3 is 0 Å². The Kier molecular flexibility index (Phi) is 2.92. The highest BCUT2D eigenvalue weighted by Crippen LogP contribution is 2.23. The van der Waals surface area contributed by atoms with E-state index in [0.29, 0.717) is 22.0 Å². The van der Waals surface area contributed by atoms with Crippen LogP contribution in [-0.4, -0.2) is 10.8 Å². The summed E-state index contributed by atoms with van der Waals surface area (Å²) in [6.07, 6.45) is 1.56. The van der Waals surface area contributed by atoms with Gasteiger partial charge in [-0.1, -0.05) is 6.07 Å². The second kappa shape index (κ2) is 4.76. The summed E-state index contributed by atoms with van der Waals surface area (Å²) in [5.74, 6) is -0.919. The number of anilines is 1. The predicted molar refractivity (Wildman–Crippen MR) is 77.3 cm³/mol. The van der Waals surface area contributed by atoms with Crippen LogP contribution in [0.1, 0.15) is 21.5 Å². The summed E-state index contributed by atoms with van der Waals surface area (Å²) in [5.41, 5.74) is 7.26. The maximum atomic E-state index is 13.5. The fraction of sp³-hybridized carbons (Fsp3) is 0. The minimum atomic E-state index is -0.618. The summed E-state index contributed by atoms with van der Waals surface area (Å²) in [5, 5.41) is 9.55. The summed E-state index contributed by atoms with van der Waals surface area (Å²) in [4.78, 5) is 15.4. The minimum Gasteiger partial charge on any atom is -0.396 e. The van der Waals surface area contributed by atoms with E-state index in [0.717, 1.165) is 6.07 Å². The number of carbonyl (C=O) groups is 1. The van der Waals surface area contributed by atoms with Gasteiger partial charge < -0.3 is 10.7 Å². The highest BCUT2D eigenvalue weighted by atomic mass is 19.1. The number of nitrogens with two attached hydrogens (primary N) is 1. The molecule has 0 spiro atoms. The van der Waals surface area contributed by atoms with Crippen LogP contribution in [0.5, 0.6) is 0 Å². The van der Waals surface area contributed by atoms with Crippen LogP contribution in [0.15, 0.2) is 42.6 Å². The van der Waals surface area contributed by atoms with E-state index < -0.39 is 5.82 Å². The third-order valence-electron chi connectivity index (χ3n) is 3.32. The molecule has 0 saturated carbocycles. The van der Waals surface area contributed by atoms with Crippen LogP contribution in [0, 0.1) is 17.1 Å². The van der Waals surface area contributed by atoms with E-state index >= 15 is 0 Å². The lowest BCUT2D eigenvalue weighted by Crippen LogP contribution is -2.02. The number of nitrogens with one attached hydrogen (secondary N) is 1. The zero-order valence-electron chi connectivity index (χ0n) is 10.9. The van der Waals surface area contributed by atoms with Crippen LogP contribution < -0.4 is 5.73 Å². The van der Waals surface area contributed by atoms with E-state index in [2.05, 4.69) is 4.98 Å². The first-order chi connectivity index (χ1) is 10.1. The van der Waals surface area contributed by atoms with Crippen LogP contribution in [0.4, 0.5) is 10.1 Å². The van der Waals surface area contributed by atoms with E-state index in [1.165, 1.54) is 12.1 Å². The minimum absolute atomic E-state index is 0.00383. The predicted octanol–water partition coefficient (Wildman–Crippen LogP) is 2.99. The summed E-state index contributed by atoms with van der Waals surface area (Å²) in [6.45, 7) is 0. The standard InChI is InChI=1S/C16H10FN3O/c17-13-6-10(2-4-14(13)19)16(21)12-8-20-15-5-9(7-18)1-3-11(12)15/h1-6,8,20H,19H2. The smallest absolute Gasteiger partial charge is 0.195 e. The molecule has 21 heavy (non-hydrogen) atoms. The van der Waals surface area contributed by atoms with Crippen molar-refractivity contribution in [3.63, 3.8) is 0 Å². The number of H-pyrrole nitrogens is 1. The number of aromatic amines is 1. The highest BCUT2D eigenvalue weighted by molar-refractivity contribution is 6.16. The lowest BCUT2D eigenvalue weighted by Gasteiger charge is -2.02. The second-order valence-corrected chi connectivity index (χ2v) is 4.64. The molecular weight excluding hydrogens is 269 g/mol. The second-order valence-electron chi connectivity index (χ2n) is 4.64. The number of hydrogen-bond acceptors (Lipinski definition) is 3. The van der Waals surface area contributed by atoms with Crippen LogP contribution in [0.3, 0.4) is 0 Å². The van der Waals surface area contributed by atoms with Crippen molar-refractivity contribution in [2.75, 3.05) is 5.73 Å². The summed E-state index contributed by atoms with van der Waals surface area (Å²) in [7, 11) is 0. The van der Waals surface area contributed by atoms with Gasteiger partial charge in [0.05, 0.1) is 17.3 Å². The molecule has 3 rings (SSSR count). The molecule has 0 aliphatic carbocycles. The third-order valence-corrected chi connectivity index (χ3v) is 3.32. The first-order valence-corrected chi connectivity index (χ1v) is 6.21. The van der Waals surface area contributed by atoms with Gasteiger partial charge in [0.25, 0.3) is 0 Å². The van der Waals surface area contributed by atoms with E-state index in [-0.39, 0.29) is 17.0 Å². The van der Waals surface area contributed by atoms with Crippen molar-refractivity contribution in [3.05, 3.63) is 65.1 Å². The Morgan fingerprint density at radius 3 is 2.76 bits per heavy atom. The SMILES string of the molecule is N#Cc1ccc2c(C(=O)c3ccc(N)c(F)c3)c[nH]c2c1. The van der Waals surface area contributed by atoms with Crippen molar-refractivity contribution in [3.8, 4) is 6.07 Å². The van der Waals surface area contributed by atoms with Crippen LogP contribution >= 0.6 is 0 Å². The van der Waals surface area contributed by atoms with Gasteiger partial charge in [-0.15, -0.1) is 0 Å². The Labute approximate surface area is 119 Å². The van der Waals surface area contributed by atoms with Gasteiger partial charge in [0.2, 0.25) is 0 Å². The molecule has 3 N–H and O–H groups in total. The molecule has 1 heterocycles. The molecule has 0 radical (unpaired) electrons. The molecule has 102 valence electrons. The zero-order chi connectivity index (χ0) is 15.0. The van der Waals surface area contributed by atoms with Crippen LogP contribution in [0.25, 0.3) is 10.9 Å². The quantitative estimate of drug-likeness (QED) is 0.558. The molecule has 4 nitrogen and oxygen atoms in total. The number of halogens is 1. The maximum Gasteiger partial charge on any atom is 0.195 e. The molecule has 0 fully saturated rings. The summed E-state index contributed by atoms with van der Waals surface area (Å²) >= 11 is 0. The normalized spacial score (nSPS) is 10.5. The van der Waals surface area contributed by atoms with Gasteiger partial charge in [-0.05, 0) is 30.3 Å². The Morgan fingerprint density at radius 1 is 1.24 bits per heavy atom. The van der Waals surface area contributed by atoms with Crippen molar-refractivity contribution < 1.29 is 9.18 Å². The number of benzene rings is 2. The molecule has 5 heteroatoms. The number of nitriles is 1. The van der Waals surface area contributed by atoms with Crippen molar-refractivity contribution >= 4 is 22.4 Å². The number of aromatic nitrogens is 1. The fourth-order valence-corrected chi connectivity index (χ4v) is 2.21.